The summed E-state index contributed by atoms with van der Waals surface area (Å²) in [6, 6.07) is 11.4. The number of nitrogens with zero attached hydrogens (tertiary/aromatic N) is 2. The molecule has 1 saturated heterocycles. The first-order chi connectivity index (χ1) is 14.5. The average molecular weight is 414 g/mol. The van der Waals surface area contributed by atoms with Crippen molar-refractivity contribution in [3.05, 3.63) is 47.8 Å². The van der Waals surface area contributed by atoms with Crippen molar-refractivity contribution in [1.29, 1.82) is 0 Å². The van der Waals surface area contributed by atoms with Crippen molar-refractivity contribution in [2.24, 2.45) is 0 Å². The molecule has 1 aliphatic rings. The van der Waals surface area contributed by atoms with Crippen molar-refractivity contribution in [3.63, 3.8) is 0 Å². The number of pyridine rings is 1. The van der Waals surface area contributed by atoms with Crippen molar-refractivity contribution < 1.29 is 28.8 Å². The third-order valence-corrected chi connectivity index (χ3v) is 4.93. The number of ether oxygens (including phenoxy) is 3. The summed E-state index contributed by atoms with van der Waals surface area (Å²) in [5.41, 5.74) is 2.38. The van der Waals surface area contributed by atoms with E-state index >= 15 is 0 Å². The van der Waals surface area contributed by atoms with Gasteiger partial charge >= 0.3 is 11.9 Å². The average Bonchev–Trinajstić information content (AvgIpc) is 2.79. The summed E-state index contributed by atoms with van der Waals surface area (Å²) in [5.74, 6) is -0.167. The molecule has 0 unspecified atom stereocenters. The standard InChI is InChI=1S/C22H27N3O5/c1-4-29-21(26)19-14-17(15-20(23-19)22(27)30-5-2)25-12-10-24(11-13-25)16-6-8-18(28-3)9-7-16/h6-9,14-15H,4-5,10-13H2,1-3H3/p+1. The second kappa shape index (κ2) is 9.96. The van der Waals surface area contributed by atoms with E-state index in [2.05, 4.69) is 14.8 Å². The molecule has 0 amide bonds. The molecular weight excluding hydrogens is 386 g/mol. The van der Waals surface area contributed by atoms with E-state index in [4.69, 9.17) is 14.2 Å². The number of anilines is 2. The van der Waals surface area contributed by atoms with E-state index in [1.807, 2.05) is 24.3 Å². The summed E-state index contributed by atoms with van der Waals surface area (Å²) in [6.07, 6.45) is 0. The highest BCUT2D eigenvalue weighted by molar-refractivity contribution is 5.90. The number of hydrogen-bond donors (Lipinski definition) is 0. The van der Waals surface area contributed by atoms with Crippen LogP contribution >= 0.6 is 0 Å². The minimum absolute atomic E-state index is 0.231. The topological polar surface area (TPSA) is 82.5 Å². The number of methoxy groups -OCH3 is 1. The molecule has 0 saturated carbocycles. The maximum Gasteiger partial charge on any atom is 0.403 e. The third kappa shape index (κ3) is 5.00. The molecule has 8 nitrogen and oxygen atoms in total. The van der Waals surface area contributed by atoms with Crippen LogP contribution in [0.4, 0.5) is 11.4 Å². The Morgan fingerprint density at radius 1 is 0.833 bits per heavy atom. The Hall–Kier alpha value is -3.29. The SMILES string of the molecule is CCOC(=O)c1cc(N2CCN(c3ccc(OC)cc3)CC2)cc(C(=O)OCC)[nH+]1. The maximum absolute atomic E-state index is 12.3. The van der Waals surface area contributed by atoms with Gasteiger partial charge in [0.25, 0.3) is 11.4 Å². The Balaban J connectivity index is 1.77. The van der Waals surface area contributed by atoms with Crippen LogP contribution in [0.15, 0.2) is 36.4 Å². The molecule has 1 aromatic carbocycles. The van der Waals surface area contributed by atoms with Crippen LogP contribution in [0.1, 0.15) is 34.8 Å². The van der Waals surface area contributed by atoms with Gasteiger partial charge in [-0.25, -0.2) is 9.59 Å². The first kappa shape index (κ1) is 21.4. The molecule has 0 bridgehead atoms. The van der Waals surface area contributed by atoms with Crippen molar-refractivity contribution in [1.82, 2.24) is 0 Å². The number of H-pyrrole nitrogens is 1. The minimum atomic E-state index is -0.498. The zero-order valence-corrected chi connectivity index (χ0v) is 17.6. The highest BCUT2D eigenvalue weighted by atomic mass is 16.5. The normalized spacial score (nSPS) is 13.7. The van der Waals surface area contributed by atoms with Gasteiger partial charge in [0.15, 0.2) is 0 Å². The number of carbonyl (C=O) groups excluding carboxylic acids is 2. The lowest BCUT2D eigenvalue weighted by Gasteiger charge is -2.37. The molecule has 2 heterocycles. The molecule has 8 heteroatoms. The third-order valence-electron chi connectivity index (χ3n) is 4.93. The molecule has 0 radical (unpaired) electrons. The molecule has 3 rings (SSSR count). The first-order valence-electron chi connectivity index (χ1n) is 10.1. The Morgan fingerprint density at radius 3 is 1.73 bits per heavy atom. The van der Waals surface area contributed by atoms with Crippen LogP contribution in [0.3, 0.4) is 0 Å². The van der Waals surface area contributed by atoms with Gasteiger partial charge in [0.2, 0.25) is 0 Å². The lowest BCUT2D eigenvalue weighted by atomic mass is 10.2. The van der Waals surface area contributed by atoms with Gasteiger partial charge in [-0.2, -0.15) is 4.98 Å². The fourth-order valence-corrected chi connectivity index (χ4v) is 3.39. The minimum Gasteiger partial charge on any atom is -0.497 e. The van der Waals surface area contributed by atoms with E-state index in [0.717, 1.165) is 43.3 Å². The second-order valence-corrected chi connectivity index (χ2v) is 6.78. The molecule has 160 valence electrons. The summed E-state index contributed by atoms with van der Waals surface area (Å²) in [5, 5.41) is 0. The van der Waals surface area contributed by atoms with Crippen LogP contribution in [-0.2, 0) is 9.47 Å². The fraction of sp³-hybridized carbons (Fsp3) is 0.409. The number of carbonyl (C=O) groups is 2. The molecule has 1 N–H and O–H groups in total. The van der Waals surface area contributed by atoms with E-state index in [1.54, 1.807) is 33.1 Å². The van der Waals surface area contributed by atoms with Gasteiger partial charge in [-0.1, -0.05) is 0 Å². The molecule has 1 aliphatic heterocycles. The fourth-order valence-electron chi connectivity index (χ4n) is 3.39. The molecule has 1 fully saturated rings. The summed E-state index contributed by atoms with van der Waals surface area (Å²) in [7, 11) is 1.65. The monoisotopic (exact) mass is 414 g/mol. The van der Waals surface area contributed by atoms with Gasteiger partial charge in [-0.05, 0) is 38.1 Å². The zero-order chi connectivity index (χ0) is 21.5. The Bertz CT molecular complexity index is 841. The number of rotatable bonds is 7. The summed E-state index contributed by atoms with van der Waals surface area (Å²) < 4.78 is 15.4. The van der Waals surface area contributed by atoms with Crippen molar-refractivity contribution >= 4 is 23.3 Å². The number of aromatic nitrogens is 1. The quantitative estimate of drug-likeness (QED) is 0.642. The highest BCUT2D eigenvalue weighted by Crippen LogP contribution is 2.23. The number of benzene rings is 1. The molecular formula is C22H28N3O5+. The van der Waals surface area contributed by atoms with E-state index in [1.165, 1.54) is 0 Å². The Morgan fingerprint density at radius 2 is 1.30 bits per heavy atom. The molecule has 0 atom stereocenters. The highest BCUT2D eigenvalue weighted by Gasteiger charge is 2.26. The predicted molar refractivity (Wildman–Crippen MR) is 112 cm³/mol. The van der Waals surface area contributed by atoms with Crippen LogP contribution in [0.5, 0.6) is 5.75 Å². The van der Waals surface area contributed by atoms with E-state index < -0.39 is 11.9 Å². The van der Waals surface area contributed by atoms with Gasteiger partial charge in [-0.3, -0.25) is 0 Å². The number of esters is 2. The maximum atomic E-state index is 12.3. The van der Waals surface area contributed by atoms with Crippen molar-refractivity contribution in [2.45, 2.75) is 13.8 Å². The van der Waals surface area contributed by atoms with Gasteiger partial charge in [0.05, 0.1) is 26.0 Å². The number of hydrogen-bond acceptors (Lipinski definition) is 7. The van der Waals surface area contributed by atoms with Gasteiger partial charge in [0, 0.05) is 44.0 Å². The summed E-state index contributed by atoms with van der Waals surface area (Å²) in [6.45, 7) is 7.13. The number of nitrogens with one attached hydrogen (secondary N) is 1. The number of piperazine rings is 1. The van der Waals surface area contributed by atoms with Crippen LogP contribution < -0.4 is 19.5 Å². The molecule has 2 aromatic rings. The number of aromatic amines is 1. The molecule has 30 heavy (non-hydrogen) atoms. The zero-order valence-electron chi connectivity index (χ0n) is 17.6. The van der Waals surface area contributed by atoms with Gasteiger partial charge in [0.1, 0.15) is 5.75 Å². The van der Waals surface area contributed by atoms with E-state index in [9.17, 15) is 9.59 Å². The van der Waals surface area contributed by atoms with Crippen molar-refractivity contribution in [2.75, 3.05) is 56.3 Å². The van der Waals surface area contributed by atoms with Crippen LogP contribution in [0, 0.1) is 0 Å². The predicted octanol–water partition coefficient (Wildman–Crippen LogP) is 2.19. The Kier molecular flexibility index (Phi) is 7.11. The molecule has 0 aliphatic carbocycles. The van der Waals surface area contributed by atoms with Gasteiger partial charge in [-0.15, -0.1) is 0 Å². The largest absolute Gasteiger partial charge is 0.497 e. The first-order valence-corrected chi connectivity index (χ1v) is 10.1. The van der Waals surface area contributed by atoms with Crippen LogP contribution in [0.25, 0.3) is 0 Å². The second-order valence-electron chi connectivity index (χ2n) is 6.78. The van der Waals surface area contributed by atoms with Crippen LogP contribution in [0.2, 0.25) is 0 Å². The van der Waals surface area contributed by atoms with Crippen molar-refractivity contribution in [3.8, 4) is 5.75 Å². The summed E-state index contributed by atoms with van der Waals surface area (Å²) >= 11 is 0. The van der Waals surface area contributed by atoms with Gasteiger partial charge < -0.3 is 24.0 Å². The summed E-state index contributed by atoms with van der Waals surface area (Å²) in [4.78, 5) is 31.8. The van der Waals surface area contributed by atoms with Crippen LogP contribution in [-0.4, -0.2) is 58.4 Å². The lowest BCUT2D eigenvalue weighted by Crippen LogP contribution is -2.47. The van der Waals surface area contributed by atoms with E-state index in [-0.39, 0.29) is 24.6 Å². The van der Waals surface area contributed by atoms with E-state index in [0.29, 0.717) is 0 Å². The lowest BCUT2D eigenvalue weighted by molar-refractivity contribution is -0.388. The Labute approximate surface area is 176 Å². The molecule has 1 aromatic heterocycles. The smallest absolute Gasteiger partial charge is 0.403 e. The molecule has 0 spiro atoms.